The van der Waals surface area contributed by atoms with Crippen molar-refractivity contribution < 1.29 is 17.7 Å². The van der Waals surface area contributed by atoms with Crippen LogP contribution in [0.1, 0.15) is 79.2 Å². The minimum absolute atomic E-state index is 0.178. The molecule has 0 bridgehead atoms. The topological polar surface area (TPSA) is 91.8 Å². The fourth-order valence-corrected chi connectivity index (χ4v) is 19.3. The summed E-state index contributed by atoms with van der Waals surface area (Å²) in [5.74, 6) is 6.25. The van der Waals surface area contributed by atoms with Gasteiger partial charge in [-0.05, 0) is 66.6 Å². The minimum atomic E-state index is -2.84. The lowest BCUT2D eigenvalue weighted by atomic mass is 9.93. The zero-order valence-electron chi connectivity index (χ0n) is 29.6. The van der Waals surface area contributed by atoms with E-state index < -0.39 is 34.6 Å². The number of nitrogens with one attached hydrogen (secondary N) is 1. The van der Waals surface area contributed by atoms with Crippen molar-refractivity contribution in [3.05, 3.63) is 92.8 Å². The summed E-state index contributed by atoms with van der Waals surface area (Å²) in [4.78, 5) is 28.8. The van der Waals surface area contributed by atoms with E-state index in [9.17, 15) is 9.59 Å². The Bertz CT molecular complexity index is 2130. The third-order valence-electron chi connectivity index (χ3n) is 10.6. The van der Waals surface area contributed by atoms with Gasteiger partial charge in [-0.3, -0.25) is 14.3 Å². The van der Waals surface area contributed by atoms with Crippen molar-refractivity contribution in [2.75, 3.05) is 6.61 Å². The molecule has 0 saturated carbocycles. The van der Waals surface area contributed by atoms with Gasteiger partial charge in [-0.1, -0.05) is 110 Å². The molecule has 0 amide bonds. The number of ether oxygens (including phenoxy) is 1. The Hall–Kier alpha value is -3.57. The molecule has 7 rings (SSSR count). The SMILES string of the molecule is CC(C)[Si]1(C(C)C)OC[C@H]2O[C@@H](n3cc(C#Cc4cc5ccc6cccc7ccc(c4)c5c67)c(=O)[nH]c3=O)C[C@@H]2O[Si](C(C)C)(C(C)C)O1. The minimum Gasteiger partial charge on any atom is -0.414 e. The molecule has 2 aliphatic rings. The standard InChI is InChI=1S/C39H46N2O6Si2/c1-23(2)48(24(3)4)44-22-34-33(46-49(47-48,25(5)6)26(7)8)20-35(45-34)41-21-32(38(42)40-39(41)43)13-12-27-18-30-16-14-28-10-9-11-29-15-17-31(19-27)37(30)36(28)29/h9-11,14-19,21,23-26,33-35H,20,22H2,1-8H3,(H,40,42,43)/t33-,34+,35+/m0/s1. The lowest BCUT2D eigenvalue weighted by Gasteiger charge is -2.51. The molecule has 0 radical (unpaired) electrons. The molecule has 0 aliphatic carbocycles. The van der Waals surface area contributed by atoms with Crippen LogP contribution < -0.4 is 11.2 Å². The van der Waals surface area contributed by atoms with Crippen molar-refractivity contribution in [1.82, 2.24) is 9.55 Å². The highest BCUT2D eigenvalue weighted by Gasteiger charge is 2.60. The Labute approximate surface area is 289 Å². The van der Waals surface area contributed by atoms with Gasteiger partial charge >= 0.3 is 22.8 Å². The summed E-state index contributed by atoms with van der Waals surface area (Å²) in [5, 5.41) is 7.04. The molecule has 49 heavy (non-hydrogen) atoms. The van der Waals surface area contributed by atoms with Gasteiger partial charge in [0.2, 0.25) is 0 Å². The van der Waals surface area contributed by atoms with Gasteiger partial charge in [0.05, 0.1) is 12.7 Å². The summed E-state index contributed by atoms with van der Waals surface area (Å²) in [6.45, 7) is 17.8. The van der Waals surface area contributed by atoms with E-state index in [-0.39, 0.29) is 39.9 Å². The molecule has 2 fully saturated rings. The number of nitrogens with zero attached hydrogens (tertiary/aromatic N) is 1. The lowest BCUT2D eigenvalue weighted by molar-refractivity contribution is -0.0566. The highest BCUT2D eigenvalue weighted by Crippen LogP contribution is 2.48. The van der Waals surface area contributed by atoms with Crippen LogP contribution in [-0.4, -0.2) is 45.5 Å². The van der Waals surface area contributed by atoms with E-state index in [0.29, 0.717) is 13.0 Å². The Balaban J connectivity index is 1.22. The molecule has 1 aromatic heterocycles. The van der Waals surface area contributed by atoms with Crippen LogP contribution in [0.4, 0.5) is 0 Å². The molecule has 2 saturated heterocycles. The number of hydrogen-bond acceptors (Lipinski definition) is 6. The second kappa shape index (κ2) is 12.6. The Morgan fingerprint density at radius 1 is 0.755 bits per heavy atom. The van der Waals surface area contributed by atoms with Gasteiger partial charge in [0, 0.05) is 18.2 Å². The average molecular weight is 695 g/mol. The van der Waals surface area contributed by atoms with Crippen molar-refractivity contribution in [3.63, 3.8) is 0 Å². The van der Waals surface area contributed by atoms with Gasteiger partial charge in [0.15, 0.2) is 0 Å². The van der Waals surface area contributed by atoms with Crippen molar-refractivity contribution in [2.24, 2.45) is 0 Å². The first-order valence-electron chi connectivity index (χ1n) is 17.6. The van der Waals surface area contributed by atoms with Crippen LogP contribution in [0.25, 0.3) is 32.3 Å². The first kappa shape index (κ1) is 33.9. The summed E-state index contributed by atoms with van der Waals surface area (Å²) in [5.41, 5.74) is 0.693. The molecule has 1 N–H and O–H groups in total. The number of rotatable bonds is 5. The maximum absolute atomic E-state index is 13.3. The van der Waals surface area contributed by atoms with Gasteiger partial charge < -0.3 is 17.7 Å². The van der Waals surface area contributed by atoms with Crippen LogP contribution in [0, 0.1) is 11.8 Å². The van der Waals surface area contributed by atoms with Crippen molar-refractivity contribution >= 4 is 49.4 Å². The number of H-pyrrole nitrogens is 1. The molecule has 2 aliphatic heterocycles. The molecule has 3 heterocycles. The van der Waals surface area contributed by atoms with Gasteiger partial charge in [-0.2, -0.15) is 0 Å². The van der Waals surface area contributed by atoms with E-state index >= 15 is 0 Å². The lowest BCUT2D eigenvalue weighted by Crippen LogP contribution is -2.65. The molecule has 8 nitrogen and oxygen atoms in total. The number of benzene rings is 4. The van der Waals surface area contributed by atoms with Crippen LogP contribution in [0.3, 0.4) is 0 Å². The molecular formula is C39H46N2O6Si2. The van der Waals surface area contributed by atoms with Crippen LogP contribution in [-0.2, 0) is 17.7 Å². The van der Waals surface area contributed by atoms with E-state index in [1.54, 1.807) is 0 Å². The average Bonchev–Trinajstić information content (AvgIpc) is 3.43. The highest BCUT2D eigenvalue weighted by molar-refractivity contribution is 6.84. The maximum Gasteiger partial charge on any atom is 0.335 e. The third-order valence-corrected chi connectivity index (χ3v) is 20.9. The zero-order chi connectivity index (χ0) is 34.8. The number of fused-ring (bicyclic) bond motifs is 1. The van der Waals surface area contributed by atoms with Gasteiger partial charge in [-0.25, -0.2) is 4.79 Å². The van der Waals surface area contributed by atoms with Crippen molar-refractivity contribution in [3.8, 4) is 11.8 Å². The maximum atomic E-state index is 13.3. The molecule has 5 aromatic rings. The van der Waals surface area contributed by atoms with E-state index in [4.69, 9.17) is 17.7 Å². The first-order valence-corrected chi connectivity index (χ1v) is 21.5. The summed E-state index contributed by atoms with van der Waals surface area (Å²) in [6.07, 6.45) is 0.602. The smallest absolute Gasteiger partial charge is 0.335 e. The third kappa shape index (κ3) is 5.70. The fraction of sp³-hybridized carbons (Fsp3) is 0.436. The predicted molar refractivity (Wildman–Crippen MR) is 200 cm³/mol. The zero-order valence-corrected chi connectivity index (χ0v) is 31.6. The highest BCUT2D eigenvalue weighted by atomic mass is 28.5. The van der Waals surface area contributed by atoms with Gasteiger partial charge in [0.1, 0.15) is 17.9 Å². The molecule has 10 heteroatoms. The summed E-state index contributed by atoms with van der Waals surface area (Å²) >= 11 is 0. The van der Waals surface area contributed by atoms with Gasteiger partial charge in [-0.15, -0.1) is 0 Å². The predicted octanol–water partition coefficient (Wildman–Crippen LogP) is 8.08. The second-order valence-electron chi connectivity index (χ2n) is 15.0. The normalized spacial score (nSPS) is 22.2. The van der Waals surface area contributed by atoms with E-state index in [2.05, 4.69) is 127 Å². The first-order chi connectivity index (χ1) is 23.3. The number of aromatic nitrogens is 2. The molecule has 4 aromatic carbocycles. The van der Waals surface area contributed by atoms with Crippen LogP contribution in [0.5, 0.6) is 0 Å². The molecule has 0 spiro atoms. The monoisotopic (exact) mass is 694 g/mol. The Morgan fingerprint density at radius 3 is 1.92 bits per heavy atom. The van der Waals surface area contributed by atoms with E-state index in [1.165, 1.54) is 32.3 Å². The van der Waals surface area contributed by atoms with Crippen LogP contribution in [0.15, 0.2) is 70.4 Å². The molecule has 3 atom stereocenters. The van der Waals surface area contributed by atoms with Gasteiger partial charge in [0.25, 0.3) is 5.56 Å². The summed E-state index contributed by atoms with van der Waals surface area (Å²) in [6, 6.07) is 19.0. The largest absolute Gasteiger partial charge is 0.414 e. The molecule has 0 unspecified atom stereocenters. The fourth-order valence-electron chi connectivity index (χ4n) is 8.06. The Kier molecular flexibility index (Phi) is 8.75. The van der Waals surface area contributed by atoms with Crippen LogP contribution >= 0.6 is 0 Å². The van der Waals surface area contributed by atoms with Crippen molar-refractivity contribution in [2.45, 2.75) is 102 Å². The Morgan fingerprint density at radius 2 is 1.33 bits per heavy atom. The molecular weight excluding hydrogens is 649 g/mol. The quantitative estimate of drug-likeness (QED) is 0.114. The number of hydrogen-bond donors (Lipinski definition) is 1. The second-order valence-corrected chi connectivity index (χ2v) is 23.8. The number of aromatic amines is 1. The summed E-state index contributed by atoms with van der Waals surface area (Å²) < 4.78 is 29.3. The molecule has 256 valence electrons. The summed E-state index contributed by atoms with van der Waals surface area (Å²) in [7, 11) is -5.57. The van der Waals surface area contributed by atoms with E-state index in [0.717, 1.165) is 16.3 Å². The van der Waals surface area contributed by atoms with Crippen molar-refractivity contribution in [1.29, 1.82) is 0 Å². The van der Waals surface area contributed by atoms with E-state index in [1.807, 2.05) is 0 Å². The van der Waals surface area contributed by atoms with Crippen LogP contribution in [0.2, 0.25) is 22.2 Å².